The van der Waals surface area contributed by atoms with Crippen LogP contribution in [-0.4, -0.2) is 66.2 Å². The van der Waals surface area contributed by atoms with Crippen molar-refractivity contribution >= 4 is 24.0 Å². The Morgan fingerprint density at radius 1 is 1.22 bits per heavy atom. The maximum atomic E-state index is 13.6. The average molecular weight is 500 g/mol. The van der Waals surface area contributed by atoms with Gasteiger partial charge in [0.15, 0.2) is 0 Å². The summed E-state index contributed by atoms with van der Waals surface area (Å²) in [5, 5.41) is 18.7. The molecule has 4 rings (SSSR count). The molecule has 36 heavy (non-hydrogen) atoms. The highest BCUT2D eigenvalue weighted by molar-refractivity contribution is 5.97. The molecule has 0 bridgehead atoms. The van der Waals surface area contributed by atoms with E-state index >= 15 is 0 Å². The summed E-state index contributed by atoms with van der Waals surface area (Å²) in [4.78, 5) is 54.4. The predicted molar refractivity (Wildman–Crippen MR) is 133 cm³/mol. The van der Waals surface area contributed by atoms with Crippen molar-refractivity contribution in [3.05, 3.63) is 0 Å². The van der Waals surface area contributed by atoms with Crippen LogP contribution in [0.1, 0.15) is 66.7 Å². The lowest BCUT2D eigenvalue weighted by Crippen LogP contribution is -2.58. The van der Waals surface area contributed by atoms with Crippen molar-refractivity contribution in [1.29, 1.82) is 5.26 Å². The van der Waals surface area contributed by atoms with Crippen LogP contribution in [0.5, 0.6) is 0 Å². The quantitative estimate of drug-likeness (QED) is 0.389. The molecule has 3 saturated heterocycles. The van der Waals surface area contributed by atoms with Crippen molar-refractivity contribution < 1.29 is 19.2 Å². The number of nitrogens with one attached hydrogen (secondary N) is 3. The van der Waals surface area contributed by atoms with E-state index in [-0.39, 0.29) is 47.4 Å². The predicted octanol–water partition coefficient (Wildman–Crippen LogP) is 1.38. The molecule has 9 heteroatoms. The Balaban J connectivity index is 1.67. The fourth-order valence-electron chi connectivity index (χ4n) is 6.91. The summed E-state index contributed by atoms with van der Waals surface area (Å²) in [6.07, 6.45) is 3.68. The number of nitrogens with zero attached hydrogens (tertiary/aromatic N) is 2. The summed E-state index contributed by atoms with van der Waals surface area (Å²) in [7, 11) is 0. The van der Waals surface area contributed by atoms with Gasteiger partial charge in [-0.3, -0.25) is 19.3 Å². The van der Waals surface area contributed by atoms with Crippen LogP contribution < -0.4 is 16.0 Å². The zero-order valence-corrected chi connectivity index (χ0v) is 22.2. The first kappa shape index (κ1) is 26.6. The summed E-state index contributed by atoms with van der Waals surface area (Å²) in [5.74, 6) is -0.491. The topological polar surface area (TPSA) is 131 Å². The lowest BCUT2D eigenvalue weighted by molar-refractivity contribution is -0.142. The second-order valence-corrected chi connectivity index (χ2v) is 13.1. The number of amides is 3. The normalized spacial score (nSPS) is 38.8. The Kier molecular flexibility index (Phi) is 6.97. The van der Waals surface area contributed by atoms with Crippen LogP contribution in [0.2, 0.25) is 0 Å². The van der Waals surface area contributed by atoms with Crippen LogP contribution in [0.3, 0.4) is 0 Å². The van der Waals surface area contributed by atoms with E-state index in [4.69, 9.17) is 0 Å². The van der Waals surface area contributed by atoms with Crippen LogP contribution in [0.4, 0.5) is 0 Å². The number of fused-ring (bicyclic) bond motifs is 4. The molecular formula is C27H41N5O4. The first-order chi connectivity index (χ1) is 16.8. The Labute approximate surface area is 214 Å². The highest BCUT2D eigenvalue weighted by Crippen LogP contribution is 2.65. The Bertz CT molecular complexity index is 966. The molecule has 9 nitrogen and oxygen atoms in total. The number of carbonyl (C=O) groups is 4. The molecule has 4 aliphatic rings. The molecule has 3 N–H and O–H groups in total. The number of nitriles is 1. The van der Waals surface area contributed by atoms with E-state index in [9.17, 15) is 24.4 Å². The van der Waals surface area contributed by atoms with Gasteiger partial charge in [-0.1, -0.05) is 26.7 Å². The van der Waals surface area contributed by atoms with Crippen molar-refractivity contribution in [2.24, 2.45) is 34.5 Å². The van der Waals surface area contributed by atoms with Gasteiger partial charge in [-0.2, -0.15) is 5.26 Å². The summed E-state index contributed by atoms with van der Waals surface area (Å²) < 4.78 is 0. The van der Waals surface area contributed by atoms with Gasteiger partial charge in [0.2, 0.25) is 17.7 Å². The zero-order valence-electron chi connectivity index (χ0n) is 22.2. The Morgan fingerprint density at radius 2 is 1.94 bits per heavy atom. The van der Waals surface area contributed by atoms with Gasteiger partial charge >= 0.3 is 0 Å². The summed E-state index contributed by atoms with van der Waals surface area (Å²) in [6, 6.07) is 0.918. The standard InChI is InChI=1S/C27H41N5O4/c1-25(2,3)31-24(36)27(15-33)9-7-6-8-16-12-29-22(34)18(16)10-17(11-28)30-23(35)21-20-19(26(20,4)5)13-32(21)14-27/h15-21H,6-10,12-14H2,1-5H3,(H,29,34)(H,30,35)(H,31,36)/t16-,17-,18-,19-,20-,21-,27-/m0/s1. The van der Waals surface area contributed by atoms with Crippen LogP contribution >= 0.6 is 0 Å². The van der Waals surface area contributed by atoms with Crippen molar-refractivity contribution in [2.45, 2.75) is 84.3 Å². The molecule has 1 saturated carbocycles. The molecule has 0 aromatic heterocycles. The minimum atomic E-state index is -1.27. The third kappa shape index (κ3) is 4.89. The Morgan fingerprint density at radius 3 is 2.58 bits per heavy atom. The molecule has 7 atom stereocenters. The number of carbonyl (C=O) groups excluding carboxylic acids is 4. The second kappa shape index (κ2) is 9.44. The van der Waals surface area contributed by atoms with Gasteiger partial charge in [-0.15, -0.1) is 0 Å². The van der Waals surface area contributed by atoms with Gasteiger partial charge in [0.05, 0.1) is 12.1 Å². The van der Waals surface area contributed by atoms with Crippen LogP contribution in [0.25, 0.3) is 0 Å². The average Bonchev–Trinajstić information content (AvgIpc) is 3.10. The van der Waals surface area contributed by atoms with Gasteiger partial charge in [0.1, 0.15) is 17.7 Å². The molecule has 198 valence electrons. The molecule has 0 radical (unpaired) electrons. The van der Waals surface area contributed by atoms with E-state index in [1.807, 2.05) is 25.7 Å². The first-order valence-electron chi connectivity index (χ1n) is 13.3. The molecular weight excluding hydrogens is 458 g/mol. The third-order valence-electron chi connectivity index (χ3n) is 9.08. The summed E-state index contributed by atoms with van der Waals surface area (Å²) in [6.45, 7) is 11.3. The van der Waals surface area contributed by atoms with Crippen LogP contribution in [0, 0.1) is 45.8 Å². The molecule has 0 unspecified atom stereocenters. The molecule has 0 aromatic rings. The highest BCUT2D eigenvalue weighted by atomic mass is 16.2. The van der Waals surface area contributed by atoms with Crippen LogP contribution in [-0.2, 0) is 19.2 Å². The van der Waals surface area contributed by atoms with E-state index in [1.54, 1.807) is 0 Å². The van der Waals surface area contributed by atoms with Crippen molar-refractivity contribution in [2.75, 3.05) is 19.6 Å². The first-order valence-corrected chi connectivity index (χ1v) is 13.3. The fraction of sp³-hybridized carbons (Fsp3) is 0.815. The molecule has 3 heterocycles. The summed E-state index contributed by atoms with van der Waals surface area (Å²) >= 11 is 0. The van der Waals surface area contributed by atoms with Gasteiger partial charge in [0.25, 0.3) is 0 Å². The van der Waals surface area contributed by atoms with Crippen molar-refractivity contribution in [3.8, 4) is 6.07 Å². The number of aldehydes is 1. The zero-order chi connectivity index (χ0) is 26.5. The number of hydrogen-bond acceptors (Lipinski definition) is 6. The fourth-order valence-corrected chi connectivity index (χ4v) is 6.91. The second-order valence-electron chi connectivity index (χ2n) is 13.1. The van der Waals surface area contributed by atoms with Crippen molar-refractivity contribution in [3.63, 3.8) is 0 Å². The molecule has 3 aliphatic heterocycles. The SMILES string of the molecule is CC(C)(C)NC(=O)[C@@]1(C=O)CCCC[C@H]2CNC(=O)[C@H]2C[C@@H](C#N)NC(=O)[C@@H]2[C@@H]3[C@H](CN2C1)C3(C)C. The van der Waals surface area contributed by atoms with E-state index in [0.717, 1.165) is 19.1 Å². The largest absolute Gasteiger partial charge is 0.356 e. The monoisotopic (exact) mass is 499 g/mol. The van der Waals surface area contributed by atoms with E-state index in [1.165, 1.54) is 0 Å². The van der Waals surface area contributed by atoms with E-state index in [0.29, 0.717) is 38.3 Å². The maximum absolute atomic E-state index is 13.6. The van der Waals surface area contributed by atoms with Gasteiger partial charge in [0, 0.05) is 31.1 Å². The number of rotatable bonds is 2. The van der Waals surface area contributed by atoms with E-state index < -0.39 is 23.0 Å². The molecule has 4 fully saturated rings. The number of piperidine rings is 1. The molecule has 3 amide bonds. The minimum Gasteiger partial charge on any atom is -0.356 e. The third-order valence-corrected chi connectivity index (χ3v) is 9.08. The smallest absolute Gasteiger partial charge is 0.238 e. The molecule has 0 spiro atoms. The Hall–Kier alpha value is -2.47. The van der Waals surface area contributed by atoms with Crippen LogP contribution in [0.15, 0.2) is 0 Å². The van der Waals surface area contributed by atoms with E-state index in [2.05, 4.69) is 35.9 Å². The van der Waals surface area contributed by atoms with Gasteiger partial charge < -0.3 is 20.7 Å². The molecule has 1 aliphatic carbocycles. The lowest BCUT2D eigenvalue weighted by Gasteiger charge is -2.38. The maximum Gasteiger partial charge on any atom is 0.238 e. The van der Waals surface area contributed by atoms with Crippen molar-refractivity contribution in [1.82, 2.24) is 20.9 Å². The van der Waals surface area contributed by atoms with Gasteiger partial charge in [-0.25, -0.2) is 0 Å². The number of hydrogen-bond donors (Lipinski definition) is 3. The van der Waals surface area contributed by atoms with Gasteiger partial charge in [-0.05, 0) is 63.2 Å². The highest BCUT2D eigenvalue weighted by Gasteiger charge is 2.69. The lowest BCUT2D eigenvalue weighted by atomic mass is 9.79. The summed E-state index contributed by atoms with van der Waals surface area (Å²) in [5.41, 5.74) is -1.78. The minimum absolute atomic E-state index is 0.0139. The molecule has 0 aromatic carbocycles.